The molecule has 0 radical (unpaired) electrons. The lowest BCUT2D eigenvalue weighted by Crippen LogP contribution is -2.10. The Morgan fingerprint density at radius 1 is 1.38 bits per heavy atom. The maximum atomic E-state index is 11.5. The highest BCUT2D eigenvalue weighted by Gasteiger charge is 2.06. The van der Waals surface area contributed by atoms with Gasteiger partial charge in [0.15, 0.2) is 0 Å². The molecule has 0 saturated heterocycles. The molecule has 0 atom stereocenters. The van der Waals surface area contributed by atoms with Gasteiger partial charge in [-0.05, 0) is 24.3 Å². The van der Waals surface area contributed by atoms with Gasteiger partial charge in [-0.1, -0.05) is 0 Å². The number of nitrogens with zero attached hydrogens (tertiary/aromatic N) is 2. The molecule has 0 fully saturated rings. The number of rotatable bonds is 4. The summed E-state index contributed by atoms with van der Waals surface area (Å²) in [5, 5.41) is 0. The van der Waals surface area contributed by atoms with Gasteiger partial charge in [0.05, 0.1) is 5.56 Å². The minimum atomic E-state index is -0.329. The molecule has 1 rings (SSSR count). The van der Waals surface area contributed by atoms with E-state index in [4.69, 9.17) is 4.74 Å². The van der Waals surface area contributed by atoms with Gasteiger partial charge in [0, 0.05) is 33.0 Å². The third kappa shape index (κ3) is 3.38. The zero-order valence-electron chi connectivity index (χ0n) is 9.80. The molecule has 0 unspecified atom stereocenters. The molecule has 0 aromatic heterocycles. The highest BCUT2D eigenvalue weighted by molar-refractivity contribution is 5.90. The molecule has 0 amide bonds. The van der Waals surface area contributed by atoms with Gasteiger partial charge in [-0.3, -0.25) is 4.99 Å². The second-order valence-electron chi connectivity index (χ2n) is 3.48. The Morgan fingerprint density at radius 2 is 2.00 bits per heavy atom. The molecule has 1 aromatic carbocycles. The molecule has 0 heterocycles. The lowest BCUT2D eigenvalue weighted by molar-refractivity contribution is 0.0567. The molecule has 0 aliphatic heterocycles. The summed E-state index contributed by atoms with van der Waals surface area (Å²) >= 11 is 0. The first-order valence-electron chi connectivity index (χ1n) is 5.00. The van der Waals surface area contributed by atoms with E-state index < -0.39 is 0 Å². The van der Waals surface area contributed by atoms with Crippen LogP contribution in [-0.4, -0.2) is 39.9 Å². The number of anilines is 1. The Balaban J connectivity index is 2.63. The molecule has 0 bridgehead atoms. The van der Waals surface area contributed by atoms with Crippen LogP contribution in [0.5, 0.6) is 0 Å². The summed E-state index contributed by atoms with van der Waals surface area (Å²) in [4.78, 5) is 17.2. The maximum Gasteiger partial charge on any atom is 0.338 e. The Labute approximate surface area is 95.6 Å². The topological polar surface area (TPSA) is 41.9 Å². The van der Waals surface area contributed by atoms with E-state index in [9.17, 15) is 4.79 Å². The van der Waals surface area contributed by atoms with E-state index in [-0.39, 0.29) is 12.6 Å². The number of carbonyl (C=O) groups excluding carboxylic acids is 1. The SMILES string of the molecule is CN=CCOC(=O)c1ccc(N(C)C)cc1. The largest absolute Gasteiger partial charge is 0.456 e. The van der Waals surface area contributed by atoms with Crippen LogP contribution in [0.3, 0.4) is 0 Å². The Kier molecular flexibility index (Phi) is 4.51. The van der Waals surface area contributed by atoms with Gasteiger partial charge < -0.3 is 9.64 Å². The van der Waals surface area contributed by atoms with Crippen LogP contribution in [0, 0.1) is 0 Å². The molecule has 4 heteroatoms. The first-order chi connectivity index (χ1) is 7.65. The van der Waals surface area contributed by atoms with Crippen LogP contribution in [0.25, 0.3) is 0 Å². The minimum absolute atomic E-state index is 0.213. The first-order valence-corrected chi connectivity index (χ1v) is 5.00. The van der Waals surface area contributed by atoms with E-state index in [2.05, 4.69) is 4.99 Å². The number of hydrogen-bond donors (Lipinski definition) is 0. The first kappa shape index (κ1) is 12.2. The summed E-state index contributed by atoms with van der Waals surface area (Å²) in [5.41, 5.74) is 1.60. The summed E-state index contributed by atoms with van der Waals surface area (Å²) in [7, 11) is 5.54. The van der Waals surface area contributed by atoms with Crippen molar-refractivity contribution in [1.29, 1.82) is 0 Å². The lowest BCUT2D eigenvalue weighted by atomic mass is 10.2. The van der Waals surface area contributed by atoms with Crippen LogP contribution in [0.4, 0.5) is 5.69 Å². The molecule has 1 aromatic rings. The standard InChI is InChI=1S/C12H16N2O2/c1-13-8-9-16-12(15)10-4-6-11(7-5-10)14(2)3/h4-8H,9H2,1-3H3. The molecule has 86 valence electrons. The fourth-order valence-corrected chi connectivity index (χ4v) is 1.17. The highest BCUT2D eigenvalue weighted by atomic mass is 16.5. The van der Waals surface area contributed by atoms with Crippen LogP contribution < -0.4 is 4.90 Å². The Morgan fingerprint density at radius 3 is 2.50 bits per heavy atom. The third-order valence-corrected chi connectivity index (χ3v) is 2.09. The van der Waals surface area contributed by atoms with Crippen LogP contribution in [0.1, 0.15) is 10.4 Å². The van der Waals surface area contributed by atoms with Crippen molar-refractivity contribution in [1.82, 2.24) is 0 Å². The van der Waals surface area contributed by atoms with Crippen molar-refractivity contribution in [3.63, 3.8) is 0 Å². The monoisotopic (exact) mass is 220 g/mol. The summed E-state index contributed by atoms with van der Waals surface area (Å²) in [6, 6.07) is 7.26. The molecule has 0 spiro atoms. The number of ether oxygens (including phenoxy) is 1. The van der Waals surface area contributed by atoms with Crippen LogP contribution in [-0.2, 0) is 4.74 Å². The van der Waals surface area contributed by atoms with Crippen molar-refractivity contribution >= 4 is 17.9 Å². The van der Waals surface area contributed by atoms with E-state index in [1.165, 1.54) is 0 Å². The zero-order chi connectivity index (χ0) is 12.0. The van der Waals surface area contributed by atoms with Crippen molar-refractivity contribution in [2.75, 3.05) is 32.6 Å². The van der Waals surface area contributed by atoms with Gasteiger partial charge in [0.25, 0.3) is 0 Å². The second kappa shape index (κ2) is 5.90. The van der Waals surface area contributed by atoms with Gasteiger partial charge in [0.2, 0.25) is 0 Å². The van der Waals surface area contributed by atoms with Gasteiger partial charge in [0.1, 0.15) is 6.61 Å². The summed E-state index contributed by atoms with van der Waals surface area (Å²) in [6.45, 7) is 0.213. The van der Waals surface area contributed by atoms with E-state index in [1.54, 1.807) is 25.4 Å². The average molecular weight is 220 g/mol. The molecular formula is C12H16N2O2. The molecule has 0 aliphatic rings. The predicted molar refractivity (Wildman–Crippen MR) is 65.5 cm³/mol. The molecule has 4 nitrogen and oxygen atoms in total. The van der Waals surface area contributed by atoms with Gasteiger partial charge >= 0.3 is 5.97 Å². The molecule has 0 N–H and O–H groups in total. The van der Waals surface area contributed by atoms with Crippen molar-refractivity contribution < 1.29 is 9.53 Å². The summed E-state index contributed by atoms with van der Waals surface area (Å²) in [6.07, 6.45) is 1.55. The highest BCUT2D eigenvalue weighted by Crippen LogP contribution is 2.12. The van der Waals surface area contributed by atoms with Crippen molar-refractivity contribution in [2.45, 2.75) is 0 Å². The Bertz CT molecular complexity index is 369. The fraction of sp³-hybridized carbons (Fsp3) is 0.333. The van der Waals surface area contributed by atoms with Crippen molar-refractivity contribution in [2.24, 2.45) is 4.99 Å². The minimum Gasteiger partial charge on any atom is -0.456 e. The molecular weight excluding hydrogens is 204 g/mol. The quantitative estimate of drug-likeness (QED) is 0.572. The normalized spacial score (nSPS) is 10.4. The van der Waals surface area contributed by atoms with E-state index in [0.29, 0.717) is 5.56 Å². The van der Waals surface area contributed by atoms with Gasteiger partial charge in [-0.25, -0.2) is 4.79 Å². The van der Waals surface area contributed by atoms with Crippen molar-refractivity contribution in [3.05, 3.63) is 29.8 Å². The number of hydrogen-bond acceptors (Lipinski definition) is 4. The van der Waals surface area contributed by atoms with Gasteiger partial charge in [-0.2, -0.15) is 0 Å². The lowest BCUT2D eigenvalue weighted by Gasteiger charge is -2.12. The van der Waals surface area contributed by atoms with Crippen LogP contribution in [0.15, 0.2) is 29.3 Å². The summed E-state index contributed by atoms with van der Waals surface area (Å²) < 4.78 is 4.97. The van der Waals surface area contributed by atoms with E-state index in [1.807, 2.05) is 31.1 Å². The number of carbonyl (C=O) groups is 1. The number of esters is 1. The zero-order valence-corrected chi connectivity index (χ0v) is 9.80. The summed E-state index contributed by atoms with van der Waals surface area (Å²) in [5.74, 6) is -0.329. The molecule has 0 saturated carbocycles. The van der Waals surface area contributed by atoms with Crippen LogP contribution >= 0.6 is 0 Å². The second-order valence-corrected chi connectivity index (χ2v) is 3.48. The average Bonchev–Trinajstić information content (AvgIpc) is 2.29. The van der Waals surface area contributed by atoms with E-state index >= 15 is 0 Å². The third-order valence-electron chi connectivity index (χ3n) is 2.09. The van der Waals surface area contributed by atoms with Crippen LogP contribution in [0.2, 0.25) is 0 Å². The molecule has 0 aliphatic carbocycles. The smallest absolute Gasteiger partial charge is 0.338 e. The van der Waals surface area contributed by atoms with Crippen molar-refractivity contribution in [3.8, 4) is 0 Å². The Hall–Kier alpha value is -1.84. The number of benzene rings is 1. The number of aliphatic imine (C=N–C) groups is 1. The maximum absolute atomic E-state index is 11.5. The predicted octanol–water partition coefficient (Wildman–Crippen LogP) is 1.61. The van der Waals surface area contributed by atoms with Gasteiger partial charge in [-0.15, -0.1) is 0 Å². The fourth-order valence-electron chi connectivity index (χ4n) is 1.17. The molecule has 16 heavy (non-hydrogen) atoms. The van der Waals surface area contributed by atoms with E-state index in [0.717, 1.165) is 5.69 Å².